The van der Waals surface area contributed by atoms with Crippen molar-refractivity contribution in [2.75, 3.05) is 24.3 Å². The lowest BCUT2D eigenvalue weighted by atomic mass is 9.95. The number of anilines is 2. The fourth-order valence-electron chi connectivity index (χ4n) is 1.38. The molecule has 1 aromatic rings. The standard InChI is InChI=1S/C13H22N4O/c1-8-10(16-11(18)13(3,4)5)9(2)15-12(14-8)17(6)7/h1-7H3,(H,16,18). The molecule has 0 saturated carbocycles. The van der Waals surface area contributed by atoms with Crippen molar-refractivity contribution in [3.05, 3.63) is 11.4 Å². The summed E-state index contributed by atoms with van der Waals surface area (Å²) in [7, 11) is 3.78. The van der Waals surface area contributed by atoms with E-state index in [-0.39, 0.29) is 5.91 Å². The first-order chi connectivity index (χ1) is 8.12. The maximum Gasteiger partial charge on any atom is 0.229 e. The van der Waals surface area contributed by atoms with Gasteiger partial charge in [-0.3, -0.25) is 4.79 Å². The molecule has 0 aliphatic heterocycles. The van der Waals surface area contributed by atoms with Crippen LogP contribution in [0.15, 0.2) is 0 Å². The van der Waals surface area contributed by atoms with Gasteiger partial charge < -0.3 is 10.2 Å². The molecule has 1 heterocycles. The van der Waals surface area contributed by atoms with Gasteiger partial charge in [-0.2, -0.15) is 0 Å². The molecule has 0 unspecified atom stereocenters. The highest BCUT2D eigenvalue weighted by molar-refractivity contribution is 5.95. The Balaban J connectivity index is 3.09. The van der Waals surface area contributed by atoms with Crippen LogP contribution in [0.5, 0.6) is 0 Å². The summed E-state index contributed by atoms with van der Waals surface area (Å²) < 4.78 is 0. The van der Waals surface area contributed by atoms with Gasteiger partial charge in [0.15, 0.2) is 0 Å². The molecule has 1 aromatic heterocycles. The first-order valence-corrected chi connectivity index (χ1v) is 5.97. The van der Waals surface area contributed by atoms with Crippen LogP contribution in [-0.4, -0.2) is 30.0 Å². The van der Waals surface area contributed by atoms with E-state index in [0.29, 0.717) is 11.6 Å². The van der Waals surface area contributed by atoms with Crippen LogP contribution in [0.3, 0.4) is 0 Å². The van der Waals surface area contributed by atoms with Crippen molar-refractivity contribution in [1.82, 2.24) is 9.97 Å². The molecule has 1 rings (SSSR count). The van der Waals surface area contributed by atoms with E-state index in [1.54, 1.807) is 0 Å². The van der Waals surface area contributed by atoms with Crippen molar-refractivity contribution < 1.29 is 4.79 Å². The van der Waals surface area contributed by atoms with E-state index in [4.69, 9.17) is 0 Å². The van der Waals surface area contributed by atoms with Crippen LogP contribution in [0.1, 0.15) is 32.2 Å². The third kappa shape index (κ3) is 3.18. The van der Waals surface area contributed by atoms with E-state index < -0.39 is 5.41 Å². The van der Waals surface area contributed by atoms with E-state index >= 15 is 0 Å². The summed E-state index contributed by atoms with van der Waals surface area (Å²) >= 11 is 0. The SMILES string of the molecule is Cc1nc(N(C)C)nc(C)c1NC(=O)C(C)(C)C. The number of carbonyl (C=O) groups is 1. The van der Waals surface area contributed by atoms with E-state index in [1.165, 1.54) is 0 Å². The monoisotopic (exact) mass is 250 g/mol. The molecule has 0 aromatic carbocycles. The van der Waals surface area contributed by atoms with Crippen molar-refractivity contribution in [3.63, 3.8) is 0 Å². The zero-order valence-electron chi connectivity index (χ0n) is 12.2. The van der Waals surface area contributed by atoms with Crippen LogP contribution in [0.2, 0.25) is 0 Å². The van der Waals surface area contributed by atoms with E-state index in [0.717, 1.165) is 11.4 Å². The molecule has 0 saturated heterocycles. The lowest BCUT2D eigenvalue weighted by molar-refractivity contribution is -0.123. The lowest BCUT2D eigenvalue weighted by Crippen LogP contribution is -2.29. The smallest absolute Gasteiger partial charge is 0.229 e. The van der Waals surface area contributed by atoms with Gasteiger partial charge in [-0.15, -0.1) is 0 Å². The highest BCUT2D eigenvalue weighted by Crippen LogP contribution is 2.23. The first kappa shape index (κ1) is 14.4. The van der Waals surface area contributed by atoms with Gasteiger partial charge in [0.2, 0.25) is 11.9 Å². The van der Waals surface area contributed by atoms with Crippen LogP contribution in [0.4, 0.5) is 11.6 Å². The Morgan fingerprint density at radius 1 is 1.11 bits per heavy atom. The number of carbonyl (C=O) groups excluding carboxylic acids is 1. The summed E-state index contributed by atoms with van der Waals surface area (Å²) in [5, 5.41) is 2.90. The number of nitrogens with zero attached hydrogens (tertiary/aromatic N) is 3. The van der Waals surface area contributed by atoms with Gasteiger partial charge in [0.1, 0.15) is 0 Å². The van der Waals surface area contributed by atoms with Crippen molar-refractivity contribution in [1.29, 1.82) is 0 Å². The molecule has 0 aliphatic rings. The van der Waals surface area contributed by atoms with E-state index in [2.05, 4.69) is 15.3 Å². The minimum Gasteiger partial charge on any atom is -0.347 e. The molecule has 0 fully saturated rings. The second kappa shape index (κ2) is 4.92. The van der Waals surface area contributed by atoms with Crippen LogP contribution < -0.4 is 10.2 Å². The Bertz CT molecular complexity index is 438. The quantitative estimate of drug-likeness (QED) is 0.873. The van der Waals surface area contributed by atoms with Gasteiger partial charge in [-0.25, -0.2) is 9.97 Å². The van der Waals surface area contributed by atoms with Crippen LogP contribution >= 0.6 is 0 Å². The predicted molar refractivity (Wildman–Crippen MR) is 73.9 cm³/mol. The average molecular weight is 250 g/mol. The predicted octanol–water partition coefficient (Wildman–Crippen LogP) is 2.14. The molecule has 18 heavy (non-hydrogen) atoms. The summed E-state index contributed by atoms with van der Waals surface area (Å²) in [4.78, 5) is 22.6. The van der Waals surface area contributed by atoms with Crippen molar-refractivity contribution >= 4 is 17.5 Å². The number of hydrogen-bond acceptors (Lipinski definition) is 4. The second-order valence-corrected chi connectivity index (χ2v) is 5.67. The van der Waals surface area contributed by atoms with Gasteiger partial charge in [-0.1, -0.05) is 20.8 Å². The summed E-state index contributed by atoms with van der Waals surface area (Å²) in [5.41, 5.74) is 1.84. The zero-order chi connectivity index (χ0) is 14.1. The molecule has 5 heteroatoms. The molecule has 0 bridgehead atoms. The molecule has 1 N–H and O–H groups in total. The third-order valence-corrected chi connectivity index (χ3v) is 2.58. The number of rotatable bonds is 2. The second-order valence-electron chi connectivity index (χ2n) is 5.67. The largest absolute Gasteiger partial charge is 0.347 e. The molecule has 0 atom stereocenters. The summed E-state index contributed by atoms with van der Waals surface area (Å²) in [5.74, 6) is 0.619. The average Bonchev–Trinajstić information content (AvgIpc) is 2.21. The topological polar surface area (TPSA) is 58.1 Å². The van der Waals surface area contributed by atoms with E-state index in [9.17, 15) is 4.79 Å². The highest BCUT2D eigenvalue weighted by Gasteiger charge is 2.23. The van der Waals surface area contributed by atoms with Crippen LogP contribution in [0, 0.1) is 19.3 Å². The van der Waals surface area contributed by atoms with Gasteiger partial charge >= 0.3 is 0 Å². The maximum atomic E-state index is 12.0. The number of aryl methyl sites for hydroxylation is 2. The third-order valence-electron chi connectivity index (χ3n) is 2.58. The fraction of sp³-hybridized carbons (Fsp3) is 0.615. The molecule has 1 amide bonds. The zero-order valence-corrected chi connectivity index (χ0v) is 12.2. The summed E-state index contributed by atoms with van der Waals surface area (Å²) in [6.07, 6.45) is 0. The van der Waals surface area contributed by atoms with Gasteiger partial charge in [0.05, 0.1) is 17.1 Å². The van der Waals surface area contributed by atoms with Gasteiger partial charge in [0, 0.05) is 19.5 Å². The Morgan fingerprint density at radius 3 is 1.89 bits per heavy atom. The minimum absolute atomic E-state index is 0.0325. The molecule has 0 aliphatic carbocycles. The fourth-order valence-corrected chi connectivity index (χ4v) is 1.38. The minimum atomic E-state index is -0.431. The van der Waals surface area contributed by atoms with Gasteiger partial charge in [-0.05, 0) is 13.8 Å². The van der Waals surface area contributed by atoms with Gasteiger partial charge in [0.25, 0.3) is 0 Å². The first-order valence-electron chi connectivity index (χ1n) is 5.97. The number of hydrogen-bond donors (Lipinski definition) is 1. The molecule has 0 radical (unpaired) electrons. The Hall–Kier alpha value is -1.65. The Labute approximate surface area is 109 Å². The van der Waals surface area contributed by atoms with Crippen LogP contribution in [0.25, 0.3) is 0 Å². The molecular formula is C13H22N4O. The maximum absolute atomic E-state index is 12.0. The summed E-state index contributed by atoms with van der Waals surface area (Å²) in [6.45, 7) is 9.38. The molecular weight excluding hydrogens is 228 g/mol. The molecule has 5 nitrogen and oxygen atoms in total. The van der Waals surface area contributed by atoms with Crippen molar-refractivity contribution in [2.45, 2.75) is 34.6 Å². The summed E-state index contributed by atoms with van der Waals surface area (Å²) in [6, 6.07) is 0. The number of nitrogens with one attached hydrogen (secondary N) is 1. The number of aromatic nitrogens is 2. The van der Waals surface area contributed by atoms with E-state index in [1.807, 2.05) is 53.6 Å². The number of amides is 1. The lowest BCUT2D eigenvalue weighted by Gasteiger charge is -2.20. The van der Waals surface area contributed by atoms with Crippen LogP contribution in [-0.2, 0) is 4.79 Å². The normalized spacial score (nSPS) is 11.3. The van der Waals surface area contributed by atoms with Crippen molar-refractivity contribution in [2.24, 2.45) is 5.41 Å². The Kier molecular flexibility index (Phi) is 3.94. The van der Waals surface area contributed by atoms with Crippen molar-refractivity contribution in [3.8, 4) is 0 Å². The Morgan fingerprint density at radius 2 is 1.56 bits per heavy atom. The molecule has 0 spiro atoms. The highest BCUT2D eigenvalue weighted by atomic mass is 16.2. The molecule has 100 valence electrons.